The van der Waals surface area contributed by atoms with Crippen LogP contribution in [0.5, 0.6) is 0 Å². The van der Waals surface area contributed by atoms with Crippen LogP contribution < -0.4 is 0 Å². The van der Waals surface area contributed by atoms with E-state index in [1.165, 1.54) is 24.3 Å². The van der Waals surface area contributed by atoms with Crippen LogP contribution in [-0.2, 0) is 4.74 Å². The van der Waals surface area contributed by atoms with Gasteiger partial charge < -0.3 is 4.74 Å². The quantitative estimate of drug-likeness (QED) is 0.159. The molecule has 0 spiro atoms. The first-order valence-corrected chi connectivity index (χ1v) is 10.7. The van der Waals surface area contributed by atoms with Crippen LogP contribution in [0.1, 0.15) is 37.4 Å². The van der Waals surface area contributed by atoms with E-state index in [0.29, 0.717) is 22.2 Å². The number of Topliss-reactive ketones (excluding diaryl/α,β-unsaturated/α-hetero) is 1. The second-order valence-corrected chi connectivity index (χ2v) is 8.18. The van der Waals surface area contributed by atoms with E-state index in [-0.39, 0.29) is 11.3 Å². The molecule has 0 saturated carbocycles. The van der Waals surface area contributed by atoms with Crippen molar-refractivity contribution in [1.82, 2.24) is 4.98 Å². The number of aryl methyl sites for hydroxylation is 3. The fraction of sp³-hybridized carbons (Fsp3) is 0.148. The zero-order valence-electron chi connectivity index (χ0n) is 19.0. The van der Waals surface area contributed by atoms with Crippen molar-refractivity contribution in [2.45, 2.75) is 20.8 Å². The summed E-state index contributed by atoms with van der Waals surface area (Å²) in [4.78, 5) is 40.5. The fourth-order valence-corrected chi connectivity index (χ4v) is 3.62. The molecular weight excluding hydrogens is 432 g/mol. The van der Waals surface area contributed by atoms with E-state index < -0.39 is 23.3 Å². The largest absolute Gasteiger partial charge is 0.454 e. The average Bonchev–Trinajstić information content (AvgIpc) is 2.83. The Hall–Kier alpha value is -4.39. The number of hydrogen-bond acceptors (Lipinski definition) is 6. The van der Waals surface area contributed by atoms with Crippen LogP contribution in [0.2, 0.25) is 0 Å². The topological polar surface area (TPSA) is 99.4 Å². The number of fused-ring (bicyclic) bond motifs is 1. The second-order valence-electron chi connectivity index (χ2n) is 8.18. The highest BCUT2D eigenvalue weighted by atomic mass is 16.6. The Balaban J connectivity index is 1.64. The molecule has 1 aromatic heterocycles. The highest BCUT2D eigenvalue weighted by molar-refractivity contribution is 6.06. The molecule has 7 nitrogen and oxygen atoms in total. The molecule has 0 saturated heterocycles. The Labute approximate surface area is 196 Å². The SMILES string of the molecule is Cc1ccc2nc(-c3ccc(C)c(C)c3)cc(C(=O)OCC(=O)c3ccc([N+](=O)[O-])cc3)c2c1. The molecule has 0 unspecified atom stereocenters. The predicted molar refractivity (Wildman–Crippen MR) is 129 cm³/mol. The molecule has 7 heteroatoms. The van der Waals surface area contributed by atoms with Gasteiger partial charge >= 0.3 is 5.97 Å². The number of benzene rings is 3. The highest BCUT2D eigenvalue weighted by Crippen LogP contribution is 2.27. The van der Waals surface area contributed by atoms with Crippen LogP contribution in [0.3, 0.4) is 0 Å². The second kappa shape index (κ2) is 9.23. The zero-order valence-corrected chi connectivity index (χ0v) is 19.0. The third kappa shape index (κ3) is 4.68. The molecule has 1 heterocycles. The van der Waals surface area contributed by atoms with Crippen LogP contribution >= 0.6 is 0 Å². The summed E-state index contributed by atoms with van der Waals surface area (Å²) in [5, 5.41) is 11.4. The maximum absolute atomic E-state index is 13.1. The lowest BCUT2D eigenvalue weighted by atomic mass is 10.00. The normalized spacial score (nSPS) is 10.8. The third-order valence-corrected chi connectivity index (χ3v) is 5.72. The van der Waals surface area contributed by atoms with Crippen LogP contribution in [-0.4, -0.2) is 28.3 Å². The standard InChI is InChI=1S/C27H22N2O5/c1-16-4-11-24-22(12-16)23(14-25(28-24)20-6-5-17(2)18(3)13-20)27(31)34-15-26(30)19-7-9-21(10-8-19)29(32)33/h4-14H,15H2,1-3H3. The number of aromatic nitrogens is 1. The summed E-state index contributed by atoms with van der Waals surface area (Å²) in [5.74, 6) is -1.09. The van der Waals surface area contributed by atoms with E-state index in [9.17, 15) is 19.7 Å². The van der Waals surface area contributed by atoms with Gasteiger partial charge in [-0.3, -0.25) is 14.9 Å². The van der Waals surface area contributed by atoms with Gasteiger partial charge in [0.2, 0.25) is 0 Å². The number of carbonyl (C=O) groups excluding carboxylic acids is 2. The Morgan fingerprint density at radius 2 is 1.65 bits per heavy atom. The number of esters is 1. The van der Waals surface area contributed by atoms with Crippen LogP contribution in [0.15, 0.2) is 66.7 Å². The maximum atomic E-state index is 13.1. The molecule has 3 aromatic carbocycles. The lowest BCUT2D eigenvalue weighted by Gasteiger charge is -2.11. The summed E-state index contributed by atoms with van der Waals surface area (Å²) >= 11 is 0. The molecule has 0 N–H and O–H groups in total. The van der Waals surface area contributed by atoms with E-state index in [2.05, 4.69) is 0 Å². The molecule has 0 aliphatic carbocycles. The summed E-state index contributed by atoms with van der Waals surface area (Å²) in [5.41, 5.74) is 5.81. The maximum Gasteiger partial charge on any atom is 0.339 e. The van der Waals surface area contributed by atoms with Gasteiger partial charge in [-0.15, -0.1) is 0 Å². The summed E-state index contributed by atoms with van der Waals surface area (Å²) in [6, 6.07) is 18.5. The van der Waals surface area contributed by atoms with Crippen molar-refractivity contribution < 1.29 is 19.2 Å². The molecule has 0 fully saturated rings. The smallest absolute Gasteiger partial charge is 0.339 e. The first-order valence-electron chi connectivity index (χ1n) is 10.7. The Morgan fingerprint density at radius 3 is 2.32 bits per heavy atom. The van der Waals surface area contributed by atoms with Gasteiger partial charge in [0, 0.05) is 28.6 Å². The molecule has 0 aliphatic heterocycles. The number of ketones is 1. The van der Waals surface area contributed by atoms with Crippen molar-refractivity contribution in [2.24, 2.45) is 0 Å². The number of pyridine rings is 1. The summed E-state index contributed by atoms with van der Waals surface area (Å²) in [6.45, 7) is 5.48. The van der Waals surface area contributed by atoms with Crippen molar-refractivity contribution >= 4 is 28.3 Å². The van der Waals surface area contributed by atoms with Gasteiger partial charge in [-0.2, -0.15) is 0 Å². The van der Waals surface area contributed by atoms with Crippen LogP contribution in [0, 0.1) is 30.9 Å². The third-order valence-electron chi connectivity index (χ3n) is 5.72. The van der Waals surface area contributed by atoms with E-state index in [1.807, 2.05) is 57.2 Å². The predicted octanol–water partition coefficient (Wildman–Crippen LogP) is 5.77. The minimum Gasteiger partial charge on any atom is -0.454 e. The number of non-ortho nitro benzene ring substituents is 1. The van der Waals surface area contributed by atoms with E-state index >= 15 is 0 Å². The molecular formula is C27H22N2O5. The summed E-state index contributed by atoms with van der Waals surface area (Å²) in [7, 11) is 0. The first-order chi connectivity index (χ1) is 16.2. The number of carbonyl (C=O) groups is 2. The lowest BCUT2D eigenvalue weighted by molar-refractivity contribution is -0.384. The van der Waals surface area contributed by atoms with Gasteiger partial charge in [0.25, 0.3) is 5.69 Å². The van der Waals surface area contributed by atoms with E-state index in [0.717, 1.165) is 22.3 Å². The van der Waals surface area contributed by atoms with Gasteiger partial charge in [0.15, 0.2) is 12.4 Å². The molecule has 0 radical (unpaired) electrons. The molecule has 0 atom stereocenters. The van der Waals surface area contributed by atoms with Crippen LogP contribution in [0.4, 0.5) is 5.69 Å². The molecule has 34 heavy (non-hydrogen) atoms. The molecule has 0 bridgehead atoms. The number of hydrogen-bond donors (Lipinski definition) is 0. The zero-order chi connectivity index (χ0) is 24.4. The first kappa shape index (κ1) is 22.8. The fourth-order valence-electron chi connectivity index (χ4n) is 3.62. The minimum atomic E-state index is -0.640. The molecule has 4 aromatic rings. The number of nitro benzene ring substituents is 1. The molecule has 170 valence electrons. The Bertz CT molecular complexity index is 1440. The van der Waals surface area contributed by atoms with Crippen molar-refractivity contribution in [2.75, 3.05) is 6.61 Å². The van der Waals surface area contributed by atoms with Crippen molar-refractivity contribution in [3.05, 3.63) is 105 Å². The van der Waals surface area contributed by atoms with Gasteiger partial charge in [0.05, 0.1) is 21.7 Å². The molecule has 4 rings (SSSR count). The monoisotopic (exact) mass is 454 g/mol. The summed E-state index contributed by atoms with van der Waals surface area (Å²) < 4.78 is 5.35. The van der Waals surface area contributed by atoms with Crippen molar-refractivity contribution in [3.8, 4) is 11.3 Å². The van der Waals surface area contributed by atoms with E-state index in [4.69, 9.17) is 9.72 Å². The van der Waals surface area contributed by atoms with Crippen LogP contribution in [0.25, 0.3) is 22.2 Å². The Morgan fingerprint density at radius 1 is 0.912 bits per heavy atom. The number of nitrogens with zero attached hydrogens (tertiary/aromatic N) is 2. The Kier molecular flexibility index (Phi) is 6.19. The van der Waals surface area contributed by atoms with Gasteiger partial charge in [-0.05, 0) is 68.3 Å². The summed E-state index contributed by atoms with van der Waals surface area (Å²) in [6.07, 6.45) is 0. The number of rotatable bonds is 6. The van der Waals surface area contributed by atoms with Crippen molar-refractivity contribution in [3.63, 3.8) is 0 Å². The van der Waals surface area contributed by atoms with Crippen molar-refractivity contribution in [1.29, 1.82) is 0 Å². The minimum absolute atomic E-state index is 0.119. The van der Waals surface area contributed by atoms with Gasteiger partial charge in [-0.1, -0.05) is 23.8 Å². The number of ether oxygens (including phenoxy) is 1. The lowest BCUT2D eigenvalue weighted by Crippen LogP contribution is -2.15. The average molecular weight is 454 g/mol. The highest BCUT2D eigenvalue weighted by Gasteiger charge is 2.18. The van der Waals surface area contributed by atoms with Gasteiger partial charge in [0.1, 0.15) is 0 Å². The molecule has 0 aliphatic rings. The van der Waals surface area contributed by atoms with E-state index in [1.54, 1.807) is 6.07 Å². The number of nitro groups is 1. The molecule has 0 amide bonds. The van der Waals surface area contributed by atoms with Gasteiger partial charge in [-0.25, -0.2) is 9.78 Å².